The second-order valence-electron chi connectivity index (χ2n) is 7.57. The van der Waals surface area contributed by atoms with E-state index in [1.54, 1.807) is 0 Å². The third kappa shape index (κ3) is 3.25. The zero-order chi connectivity index (χ0) is 16.1. The highest BCUT2D eigenvalue weighted by molar-refractivity contribution is 6.30. The van der Waals surface area contributed by atoms with Gasteiger partial charge in [-0.3, -0.25) is 4.98 Å². The van der Waals surface area contributed by atoms with E-state index in [-0.39, 0.29) is 12.4 Å². The summed E-state index contributed by atoms with van der Waals surface area (Å²) in [4.78, 5) is 7.03. The SMILES string of the molecule is Cl.Clc1ccc(-c2cncc(OC3[C@H]4CC5C[C@H]3CN(C5)C4)c2)cc1. The average molecular weight is 377 g/mol. The third-order valence-electron chi connectivity index (χ3n) is 5.87. The quantitative estimate of drug-likeness (QED) is 0.785. The highest BCUT2D eigenvalue weighted by Gasteiger charge is 2.48. The van der Waals surface area contributed by atoms with Gasteiger partial charge in [0, 0.05) is 48.3 Å². The summed E-state index contributed by atoms with van der Waals surface area (Å²) in [7, 11) is 0. The first-order valence-electron chi connectivity index (χ1n) is 8.84. The summed E-state index contributed by atoms with van der Waals surface area (Å²) in [6.45, 7) is 3.73. The van der Waals surface area contributed by atoms with Crippen LogP contribution in [0, 0.1) is 17.8 Å². The van der Waals surface area contributed by atoms with E-state index < -0.39 is 0 Å². The van der Waals surface area contributed by atoms with Crippen LogP contribution in [0.5, 0.6) is 5.75 Å². The van der Waals surface area contributed by atoms with Gasteiger partial charge in [0.15, 0.2) is 0 Å². The Hall–Kier alpha value is -1.29. The predicted octanol–water partition coefficient (Wildman–Crippen LogP) is 4.54. The number of benzene rings is 1. The maximum absolute atomic E-state index is 6.46. The zero-order valence-electron chi connectivity index (χ0n) is 14.0. The van der Waals surface area contributed by atoms with Crippen molar-refractivity contribution in [3.05, 3.63) is 47.7 Å². The van der Waals surface area contributed by atoms with Gasteiger partial charge in [-0.15, -0.1) is 12.4 Å². The van der Waals surface area contributed by atoms with Crippen LogP contribution in [0.1, 0.15) is 12.8 Å². The van der Waals surface area contributed by atoms with Crippen LogP contribution in [0.25, 0.3) is 11.1 Å². The Bertz CT molecular complexity index is 722. The second-order valence-corrected chi connectivity index (χ2v) is 8.01. The topological polar surface area (TPSA) is 25.4 Å². The number of aromatic nitrogens is 1. The molecule has 4 bridgehead atoms. The van der Waals surface area contributed by atoms with E-state index in [4.69, 9.17) is 16.3 Å². The first-order chi connectivity index (χ1) is 11.7. The number of hydrogen-bond acceptors (Lipinski definition) is 3. The van der Waals surface area contributed by atoms with Gasteiger partial charge >= 0.3 is 0 Å². The van der Waals surface area contributed by atoms with Crippen LogP contribution in [0.3, 0.4) is 0 Å². The van der Waals surface area contributed by atoms with Crippen LogP contribution >= 0.6 is 24.0 Å². The van der Waals surface area contributed by atoms with E-state index in [0.717, 1.165) is 27.8 Å². The number of piperidine rings is 3. The lowest BCUT2D eigenvalue weighted by molar-refractivity contribution is -0.0985. The van der Waals surface area contributed by atoms with Crippen molar-refractivity contribution in [2.24, 2.45) is 17.8 Å². The molecule has 1 aromatic carbocycles. The van der Waals surface area contributed by atoms with E-state index in [1.165, 1.54) is 32.5 Å². The van der Waals surface area contributed by atoms with E-state index in [1.807, 2.05) is 36.7 Å². The van der Waals surface area contributed by atoms with Gasteiger partial charge in [0.05, 0.1) is 6.20 Å². The van der Waals surface area contributed by atoms with Gasteiger partial charge in [-0.1, -0.05) is 23.7 Å². The van der Waals surface area contributed by atoms with Gasteiger partial charge in [-0.25, -0.2) is 0 Å². The summed E-state index contributed by atoms with van der Waals surface area (Å²) in [6, 6.07) is 9.99. The van der Waals surface area contributed by atoms with Crippen molar-refractivity contribution < 1.29 is 4.74 Å². The molecule has 4 aliphatic rings. The molecule has 1 saturated carbocycles. The molecule has 3 aliphatic heterocycles. The van der Waals surface area contributed by atoms with Crippen LogP contribution in [-0.2, 0) is 0 Å². The summed E-state index contributed by atoms with van der Waals surface area (Å²) in [5.74, 6) is 3.18. The Morgan fingerprint density at radius 3 is 2.36 bits per heavy atom. The smallest absolute Gasteiger partial charge is 0.138 e. The minimum atomic E-state index is 0. The summed E-state index contributed by atoms with van der Waals surface area (Å²) in [6.07, 6.45) is 6.77. The fourth-order valence-electron chi connectivity index (χ4n) is 5.00. The molecule has 0 spiro atoms. The van der Waals surface area contributed by atoms with Crippen LogP contribution in [0.15, 0.2) is 42.7 Å². The Morgan fingerprint density at radius 1 is 0.960 bits per heavy atom. The van der Waals surface area contributed by atoms with Crippen molar-refractivity contribution in [3.63, 3.8) is 0 Å². The van der Waals surface area contributed by atoms with Gasteiger partial charge in [-0.05, 0) is 42.5 Å². The lowest BCUT2D eigenvalue weighted by atomic mass is 9.66. The van der Waals surface area contributed by atoms with Crippen molar-refractivity contribution in [1.82, 2.24) is 9.88 Å². The number of pyridine rings is 1. The molecule has 5 heteroatoms. The number of halogens is 2. The van der Waals surface area contributed by atoms with Gasteiger partial charge in [0.1, 0.15) is 11.9 Å². The van der Waals surface area contributed by atoms with Crippen molar-refractivity contribution >= 4 is 24.0 Å². The molecule has 3 nitrogen and oxygen atoms in total. The van der Waals surface area contributed by atoms with Gasteiger partial charge in [-0.2, -0.15) is 0 Å². The molecule has 4 heterocycles. The highest BCUT2D eigenvalue weighted by Crippen LogP contribution is 2.45. The molecular formula is C20H22Cl2N2O. The van der Waals surface area contributed by atoms with E-state index in [9.17, 15) is 0 Å². The molecule has 25 heavy (non-hydrogen) atoms. The third-order valence-corrected chi connectivity index (χ3v) is 6.12. The second kappa shape index (κ2) is 6.79. The largest absolute Gasteiger partial charge is 0.488 e. The fraction of sp³-hybridized carbons (Fsp3) is 0.450. The fourth-order valence-corrected chi connectivity index (χ4v) is 5.12. The molecule has 1 aliphatic carbocycles. The van der Waals surface area contributed by atoms with E-state index in [0.29, 0.717) is 17.9 Å². The number of nitrogens with zero attached hydrogens (tertiary/aromatic N) is 2. The van der Waals surface area contributed by atoms with Crippen LogP contribution in [-0.4, -0.2) is 35.6 Å². The lowest BCUT2D eigenvalue weighted by Gasteiger charge is -2.55. The highest BCUT2D eigenvalue weighted by atomic mass is 35.5. The van der Waals surface area contributed by atoms with E-state index in [2.05, 4.69) is 16.0 Å². The molecule has 2 aromatic rings. The lowest BCUT2D eigenvalue weighted by Crippen LogP contribution is -2.61. The standard InChI is InChI=1S/C20H21ClN2O.ClH/c21-18-3-1-14(2-4-18)15-7-19(9-22-8-15)24-20-16-5-13-6-17(20)12-23(10-13)11-16;/h1-4,7-9,13,16-17,20H,5-6,10-12H2;1H/t13?,16-,17-,20?;/m0./s1. The van der Waals surface area contributed by atoms with Crippen molar-refractivity contribution in [2.45, 2.75) is 18.9 Å². The molecule has 3 saturated heterocycles. The minimum Gasteiger partial charge on any atom is -0.488 e. The Kier molecular flexibility index (Phi) is 4.65. The van der Waals surface area contributed by atoms with Gasteiger partial charge < -0.3 is 9.64 Å². The molecule has 0 radical (unpaired) electrons. The zero-order valence-corrected chi connectivity index (χ0v) is 15.5. The first kappa shape index (κ1) is 17.1. The molecule has 4 fully saturated rings. The summed E-state index contributed by atoms with van der Waals surface area (Å²) >= 11 is 5.98. The first-order valence-corrected chi connectivity index (χ1v) is 9.22. The van der Waals surface area contributed by atoms with Gasteiger partial charge in [0.2, 0.25) is 0 Å². The molecule has 2 atom stereocenters. The summed E-state index contributed by atoms with van der Waals surface area (Å²) in [5.41, 5.74) is 2.20. The summed E-state index contributed by atoms with van der Waals surface area (Å²) in [5, 5.41) is 0.753. The Labute approximate surface area is 159 Å². The molecule has 6 rings (SSSR count). The predicted molar refractivity (Wildman–Crippen MR) is 102 cm³/mol. The Morgan fingerprint density at radius 2 is 1.68 bits per heavy atom. The van der Waals surface area contributed by atoms with Crippen LogP contribution in [0.2, 0.25) is 5.02 Å². The molecule has 0 N–H and O–H groups in total. The van der Waals surface area contributed by atoms with E-state index >= 15 is 0 Å². The van der Waals surface area contributed by atoms with Crippen LogP contribution in [0.4, 0.5) is 0 Å². The van der Waals surface area contributed by atoms with Crippen molar-refractivity contribution in [1.29, 1.82) is 0 Å². The van der Waals surface area contributed by atoms with Crippen molar-refractivity contribution in [3.8, 4) is 16.9 Å². The number of ether oxygens (including phenoxy) is 1. The molecule has 1 aromatic heterocycles. The normalized spacial score (nSPS) is 32.3. The number of rotatable bonds is 3. The van der Waals surface area contributed by atoms with Crippen molar-refractivity contribution in [2.75, 3.05) is 19.6 Å². The number of hydrogen-bond donors (Lipinski definition) is 0. The molecule has 0 unspecified atom stereocenters. The maximum atomic E-state index is 6.46. The Balaban J connectivity index is 0.00000157. The average Bonchev–Trinajstić information content (AvgIpc) is 2.58. The minimum absolute atomic E-state index is 0. The van der Waals surface area contributed by atoms with Gasteiger partial charge in [0.25, 0.3) is 0 Å². The summed E-state index contributed by atoms with van der Waals surface area (Å²) < 4.78 is 6.46. The molecular weight excluding hydrogens is 355 g/mol. The monoisotopic (exact) mass is 376 g/mol. The molecule has 0 amide bonds. The molecule has 132 valence electrons. The van der Waals surface area contributed by atoms with Crippen LogP contribution < -0.4 is 4.74 Å². The maximum Gasteiger partial charge on any atom is 0.138 e.